The highest BCUT2D eigenvalue weighted by molar-refractivity contribution is 5.99. The molecule has 10 heteroatoms. The van der Waals surface area contributed by atoms with E-state index in [-0.39, 0.29) is 35.3 Å². The van der Waals surface area contributed by atoms with Gasteiger partial charge in [0.25, 0.3) is 5.56 Å². The van der Waals surface area contributed by atoms with Crippen molar-refractivity contribution < 1.29 is 14.7 Å². The number of rotatable bonds is 13. The molecule has 0 aromatic carbocycles. The van der Waals surface area contributed by atoms with Gasteiger partial charge in [-0.15, -0.1) is 0 Å². The zero-order valence-electron chi connectivity index (χ0n) is 23.1. The van der Waals surface area contributed by atoms with Gasteiger partial charge < -0.3 is 15.3 Å². The Labute approximate surface area is 228 Å². The van der Waals surface area contributed by atoms with E-state index >= 15 is 0 Å². The van der Waals surface area contributed by atoms with Gasteiger partial charge >= 0.3 is 0 Å². The van der Waals surface area contributed by atoms with Crippen molar-refractivity contribution in [3.8, 4) is 0 Å². The highest BCUT2D eigenvalue weighted by Gasteiger charge is 2.25. The van der Waals surface area contributed by atoms with Crippen LogP contribution in [-0.2, 0) is 4.79 Å². The first kappa shape index (κ1) is 28.4. The summed E-state index contributed by atoms with van der Waals surface area (Å²) >= 11 is 0. The topological polar surface area (TPSA) is 130 Å². The highest BCUT2D eigenvalue weighted by Crippen LogP contribution is 2.32. The Hall–Kier alpha value is -3.66. The van der Waals surface area contributed by atoms with Gasteiger partial charge in [0, 0.05) is 37.6 Å². The van der Waals surface area contributed by atoms with Crippen LogP contribution in [0.4, 0.5) is 17.5 Å². The molecule has 0 amide bonds. The summed E-state index contributed by atoms with van der Waals surface area (Å²) in [5.41, 5.74) is 2.10. The minimum absolute atomic E-state index is 0.0254. The number of aromatic nitrogens is 4. The summed E-state index contributed by atoms with van der Waals surface area (Å²) in [6, 6.07) is 3.87. The van der Waals surface area contributed by atoms with Crippen molar-refractivity contribution in [1.29, 1.82) is 0 Å². The summed E-state index contributed by atoms with van der Waals surface area (Å²) in [4.78, 5) is 52.7. The summed E-state index contributed by atoms with van der Waals surface area (Å²) in [5.74, 6) is 0.599. The van der Waals surface area contributed by atoms with Crippen LogP contribution in [0.3, 0.4) is 0 Å². The molecule has 3 aromatic heterocycles. The Kier molecular flexibility index (Phi) is 9.40. The average Bonchev–Trinajstić information content (AvgIpc) is 3.45. The number of aryl methyl sites for hydroxylation is 1. The molecular weight excluding hydrogens is 496 g/mol. The first-order valence-electron chi connectivity index (χ1n) is 13.8. The van der Waals surface area contributed by atoms with Gasteiger partial charge in [0.1, 0.15) is 18.1 Å². The average molecular weight is 535 g/mol. The predicted molar refractivity (Wildman–Crippen MR) is 152 cm³/mol. The number of Topliss-reactive ketones (excluding diaryl/α,β-unsaturated/α-hetero) is 2. The first-order chi connectivity index (χ1) is 18.8. The number of hydrogen-bond donors (Lipinski definition) is 2. The molecule has 1 aliphatic rings. The molecule has 1 saturated carbocycles. The molecule has 0 aliphatic heterocycles. The van der Waals surface area contributed by atoms with E-state index in [0.717, 1.165) is 63.6 Å². The normalized spacial score (nSPS) is 13.6. The van der Waals surface area contributed by atoms with Crippen LogP contribution in [0.15, 0.2) is 29.3 Å². The van der Waals surface area contributed by atoms with Gasteiger partial charge in [-0.05, 0) is 57.2 Å². The Morgan fingerprint density at radius 1 is 1.10 bits per heavy atom. The second-order valence-corrected chi connectivity index (χ2v) is 10.4. The lowest BCUT2D eigenvalue weighted by Crippen LogP contribution is -2.30. The Morgan fingerprint density at radius 3 is 2.51 bits per heavy atom. The number of pyridine rings is 2. The molecule has 10 nitrogen and oxygen atoms in total. The summed E-state index contributed by atoms with van der Waals surface area (Å²) < 4.78 is 1.70. The van der Waals surface area contributed by atoms with Gasteiger partial charge in [-0.2, -0.15) is 4.98 Å². The van der Waals surface area contributed by atoms with Crippen LogP contribution in [-0.4, -0.2) is 56.4 Å². The monoisotopic (exact) mass is 534 g/mol. The number of fused-ring (bicyclic) bond motifs is 1. The molecule has 0 atom stereocenters. The van der Waals surface area contributed by atoms with Crippen molar-refractivity contribution in [2.45, 2.75) is 77.7 Å². The number of anilines is 3. The molecule has 0 saturated heterocycles. The predicted octanol–water partition coefficient (Wildman–Crippen LogP) is 4.50. The number of unbranched alkanes of at least 4 members (excludes halogenated alkanes) is 3. The third kappa shape index (κ3) is 6.68. The van der Waals surface area contributed by atoms with Gasteiger partial charge in [0.05, 0.1) is 17.4 Å². The Bertz CT molecular complexity index is 1380. The number of aliphatic hydroxyl groups excluding tert-OH is 1. The maximum Gasteiger partial charge on any atom is 0.263 e. The molecule has 3 aromatic rings. The van der Waals surface area contributed by atoms with Gasteiger partial charge in [-0.3, -0.25) is 19.0 Å². The third-order valence-electron chi connectivity index (χ3n) is 7.55. The van der Waals surface area contributed by atoms with Crippen molar-refractivity contribution in [2.75, 3.05) is 30.4 Å². The van der Waals surface area contributed by atoms with Crippen LogP contribution in [0.25, 0.3) is 11.0 Å². The number of hydrogen-bond acceptors (Lipinski definition) is 9. The fraction of sp³-hybridized carbons (Fsp3) is 0.517. The second kappa shape index (κ2) is 12.9. The molecule has 0 spiro atoms. The lowest BCUT2D eigenvalue weighted by molar-refractivity contribution is -0.121. The Balaban J connectivity index is 1.45. The molecule has 0 unspecified atom stereocenters. The number of nitrogens with zero attached hydrogens (tertiary/aromatic N) is 5. The molecule has 39 heavy (non-hydrogen) atoms. The Morgan fingerprint density at radius 2 is 1.85 bits per heavy atom. The van der Waals surface area contributed by atoms with Crippen LogP contribution in [0.2, 0.25) is 0 Å². The van der Waals surface area contributed by atoms with Crippen LogP contribution in [0.5, 0.6) is 0 Å². The van der Waals surface area contributed by atoms with Crippen LogP contribution in [0, 0.1) is 6.92 Å². The van der Waals surface area contributed by atoms with Crippen LogP contribution in [0.1, 0.15) is 86.7 Å². The number of nitrogens with one attached hydrogen (secondary N) is 1. The highest BCUT2D eigenvalue weighted by atomic mass is 16.3. The van der Waals surface area contributed by atoms with Gasteiger partial charge in [-0.1, -0.05) is 25.7 Å². The molecule has 0 radical (unpaired) electrons. The summed E-state index contributed by atoms with van der Waals surface area (Å²) in [6.45, 7) is 3.72. The van der Waals surface area contributed by atoms with E-state index in [2.05, 4.69) is 20.2 Å². The zero-order chi connectivity index (χ0) is 27.9. The van der Waals surface area contributed by atoms with E-state index in [1.165, 1.54) is 6.92 Å². The van der Waals surface area contributed by atoms with Crippen LogP contribution >= 0.6 is 0 Å². The molecule has 4 rings (SSSR count). The number of aliphatic hydroxyl groups is 1. The third-order valence-corrected chi connectivity index (χ3v) is 7.55. The van der Waals surface area contributed by atoms with Crippen molar-refractivity contribution in [1.82, 2.24) is 19.5 Å². The maximum atomic E-state index is 13.4. The molecule has 1 aliphatic carbocycles. The maximum absolute atomic E-state index is 13.4. The molecule has 2 N–H and O–H groups in total. The van der Waals surface area contributed by atoms with Gasteiger partial charge in [-0.25, -0.2) is 9.97 Å². The van der Waals surface area contributed by atoms with E-state index in [1.54, 1.807) is 23.9 Å². The van der Waals surface area contributed by atoms with E-state index in [9.17, 15) is 14.4 Å². The largest absolute Gasteiger partial charge is 0.389 e. The smallest absolute Gasteiger partial charge is 0.263 e. The minimum atomic E-state index is -0.364. The summed E-state index contributed by atoms with van der Waals surface area (Å²) in [6.07, 6.45) is 11.6. The quantitative estimate of drug-likeness (QED) is 0.240. The molecule has 208 valence electrons. The van der Waals surface area contributed by atoms with Gasteiger partial charge in [0.2, 0.25) is 5.95 Å². The van der Waals surface area contributed by atoms with Crippen molar-refractivity contribution in [2.24, 2.45) is 0 Å². The van der Waals surface area contributed by atoms with E-state index in [0.29, 0.717) is 34.8 Å². The standard InChI is InChI=1S/C29H38N6O4/c1-19-24-17-31-29(33-27(24)35(21-10-7-8-11-21)28(39)26(19)20(2)37)32-25-14-13-22(16-30-25)34(3)15-9-5-4-6-12-23(38)18-36/h13-14,16-17,21,36H,4-12,15,18H2,1-3H3,(H,30,31,32,33). The fourth-order valence-electron chi connectivity index (χ4n) is 5.34. The van der Waals surface area contributed by atoms with E-state index in [1.807, 2.05) is 19.2 Å². The van der Waals surface area contributed by atoms with E-state index < -0.39 is 0 Å². The number of carbonyl (C=O) groups is 2. The van der Waals surface area contributed by atoms with E-state index in [4.69, 9.17) is 10.1 Å². The molecule has 0 bridgehead atoms. The van der Waals surface area contributed by atoms with Crippen molar-refractivity contribution >= 4 is 40.1 Å². The zero-order valence-corrected chi connectivity index (χ0v) is 23.1. The number of ketones is 2. The fourth-order valence-corrected chi connectivity index (χ4v) is 5.34. The molecule has 3 heterocycles. The first-order valence-corrected chi connectivity index (χ1v) is 13.8. The van der Waals surface area contributed by atoms with Crippen molar-refractivity contribution in [3.05, 3.63) is 46.0 Å². The van der Waals surface area contributed by atoms with Crippen LogP contribution < -0.4 is 15.8 Å². The number of carbonyl (C=O) groups excluding carboxylic acids is 2. The summed E-state index contributed by atoms with van der Waals surface area (Å²) in [7, 11) is 2.02. The lowest BCUT2D eigenvalue weighted by atomic mass is 10.0. The van der Waals surface area contributed by atoms with Crippen molar-refractivity contribution in [3.63, 3.8) is 0 Å². The van der Waals surface area contributed by atoms with Gasteiger partial charge in [0.15, 0.2) is 11.6 Å². The molecular formula is C29H38N6O4. The second-order valence-electron chi connectivity index (χ2n) is 10.4. The minimum Gasteiger partial charge on any atom is -0.389 e. The molecule has 1 fully saturated rings. The SMILES string of the molecule is CC(=O)c1c(C)c2cnc(Nc3ccc(N(C)CCCCCCC(=O)CO)cn3)nc2n(C2CCCC2)c1=O. The summed E-state index contributed by atoms with van der Waals surface area (Å²) in [5, 5.41) is 12.6. The lowest BCUT2D eigenvalue weighted by Gasteiger charge is -2.20.